The van der Waals surface area contributed by atoms with Gasteiger partial charge in [0.2, 0.25) is 5.91 Å². The van der Waals surface area contributed by atoms with Crippen LogP contribution in [0.2, 0.25) is 5.02 Å². The summed E-state index contributed by atoms with van der Waals surface area (Å²) in [5, 5.41) is 2.65. The summed E-state index contributed by atoms with van der Waals surface area (Å²) in [6.45, 7) is 3.87. The molecule has 1 aliphatic rings. The van der Waals surface area contributed by atoms with Gasteiger partial charge in [-0.3, -0.25) is 19.3 Å². The van der Waals surface area contributed by atoms with E-state index in [2.05, 4.69) is 19.2 Å². The molecule has 0 radical (unpaired) electrons. The van der Waals surface area contributed by atoms with Gasteiger partial charge in [-0.1, -0.05) is 55.8 Å². The maximum Gasteiger partial charge on any atom is 0.294 e. The molecule has 2 aromatic carbocycles. The lowest BCUT2D eigenvalue weighted by atomic mass is 10.0. The normalized spacial score (nSPS) is 15.6. The standard InChI is InChI=1S/C21H19ClN2O3S/c1-13(2)15-8-6-14(7-9-15)10-18-20(26)24(21(27)28-18)12-19(25)23-17-5-3-4-16(22)11-17/h3-11,13H,12H2,1-2H3,(H,23,25)/b18-10+. The number of amides is 3. The highest BCUT2D eigenvalue weighted by Gasteiger charge is 2.36. The lowest BCUT2D eigenvalue weighted by Crippen LogP contribution is -2.36. The van der Waals surface area contributed by atoms with Gasteiger partial charge in [-0.25, -0.2) is 0 Å². The number of carbonyl (C=O) groups is 3. The first-order chi connectivity index (χ1) is 13.3. The minimum Gasteiger partial charge on any atom is -0.324 e. The second-order valence-electron chi connectivity index (χ2n) is 6.65. The number of imide groups is 1. The Balaban J connectivity index is 1.68. The number of anilines is 1. The van der Waals surface area contributed by atoms with Crippen LogP contribution in [-0.4, -0.2) is 28.5 Å². The fourth-order valence-electron chi connectivity index (χ4n) is 2.68. The Morgan fingerprint density at radius 2 is 1.89 bits per heavy atom. The van der Waals surface area contributed by atoms with Crippen LogP contribution in [0, 0.1) is 0 Å². The third-order valence-electron chi connectivity index (χ3n) is 4.18. The van der Waals surface area contributed by atoms with Crippen LogP contribution in [-0.2, 0) is 9.59 Å². The molecule has 0 saturated carbocycles. The van der Waals surface area contributed by atoms with Crippen LogP contribution in [0.25, 0.3) is 6.08 Å². The molecule has 1 N–H and O–H groups in total. The van der Waals surface area contributed by atoms with Crippen molar-refractivity contribution in [1.29, 1.82) is 0 Å². The Kier molecular flexibility index (Phi) is 6.21. The van der Waals surface area contributed by atoms with Gasteiger partial charge in [-0.15, -0.1) is 0 Å². The highest BCUT2D eigenvalue weighted by Crippen LogP contribution is 2.32. The summed E-state index contributed by atoms with van der Waals surface area (Å²) in [6.07, 6.45) is 1.67. The largest absolute Gasteiger partial charge is 0.324 e. The molecular formula is C21H19ClN2O3S. The van der Waals surface area contributed by atoms with E-state index in [1.165, 1.54) is 5.56 Å². The van der Waals surface area contributed by atoms with Crippen molar-refractivity contribution in [3.8, 4) is 0 Å². The molecule has 7 heteroatoms. The molecule has 1 aliphatic heterocycles. The molecule has 2 aromatic rings. The number of carbonyl (C=O) groups excluding carboxylic acids is 3. The van der Waals surface area contributed by atoms with E-state index in [-0.39, 0.29) is 6.54 Å². The molecule has 3 amide bonds. The average Bonchev–Trinajstić information content (AvgIpc) is 2.89. The monoisotopic (exact) mass is 414 g/mol. The molecule has 1 saturated heterocycles. The van der Waals surface area contributed by atoms with E-state index in [4.69, 9.17) is 11.6 Å². The predicted molar refractivity (Wildman–Crippen MR) is 113 cm³/mol. The zero-order valence-electron chi connectivity index (χ0n) is 15.4. The Bertz CT molecular complexity index is 954. The van der Waals surface area contributed by atoms with Crippen LogP contribution in [0.5, 0.6) is 0 Å². The third-order valence-corrected chi connectivity index (χ3v) is 5.33. The lowest BCUT2D eigenvalue weighted by Gasteiger charge is -2.12. The molecule has 0 atom stereocenters. The first-order valence-electron chi connectivity index (χ1n) is 8.74. The van der Waals surface area contributed by atoms with Crippen molar-refractivity contribution in [3.63, 3.8) is 0 Å². The molecule has 0 aromatic heterocycles. The van der Waals surface area contributed by atoms with Crippen molar-refractivity contribution in [3.05, 3.63) is 69.6 Å². The number of nitrogens with one attached hydrogen (secondary N) is 1. The number of halogens is 1. The topological polar surface area (TPSA) is 66.5 Å². The van der Waals surface area contributed by atoms with Gasteiger partial charge in [-0.05, 0) is 53.1 Å². The summed E-state index contributed by atoms with van der Waals surface area (Å²) in [4.78, 5) is 38.2. The number of rotatable bonds is 5. The van der Waals surface area contributed by atoms with Gasteiger partial charge in [0.25, 0.3) is 11.1 Å². The molecule has 0 unspecified atom stereocenters. The van der Waals surface area contributed by atoms with Crippen LogP contribution < -0.4 is 5.32 Å². The zero-order valence-corrected chi connectivity index (χ0v) is 17.0. The SMILES string of the molecule is CC(C)c1ccc(/C=C2/SC(=O)N(CC(=O)Nc3cccc(Cl)c3)C2=O)cc1. The van der Waals surface area contributed by atoms with E-state index < -0.39 is 17.1 Å². The van der Waals surface area contributed by atoms with E-state index in [9.17, 15) is 14.4 Å². The van der Waals surface area contributed by atoms with E-state index in [1.807, 2.05) is 24.3 Å². The molecule has 28 heavy (non-hydrogen) atoms. The summed E-state index contributed by atoms with van der Waals surface area (Å²) in [6, 6.07) is 14.5. The quantitative estimate of drug-likeness (QED) is 0.688. The minimum atomic E-state index is -0.468. The maximum atomic E-state index is 12.6. The smallest absolute Gasteiger partial charge is 0.294 e. The summed E-state index contributed by atoms with van der Waals surface area (Å²) in [7, 11) is 0. The van der Waals surface area contributed by atoms with Crippen LogP contribution >= 0.6 is 23.4 Å². The van der Waals surface area contributed by atoms with E-state index in [0.717, 1.165) is 22.2 Å². The summed E-state index contributed by atoms with van der Waals surface area (Å²) >= 11 is 6.72. The molecule has 0 spiro atoms. The molecule has 1 heterocycles. The zero-order chi connectivity index (χ0) is 20.3. The summed E-state index contributed by atoms with van der Waals surface area (Å²) in [5.41, 5.74) is 2.53. The van der Waals surface area contributed by atoms with Crippen molar-refractivity contribution >= 4 is 52.2 Å². The average molecular weight is 415 g/mol. The van der Waals surface area contributed by atoms with Gasteiger partial charge in [0, 0.05) is 10.7 Å². The van der Waals surface area contributed by atoms with Gasteiger partial charge in [-0.2, -0.15) is 0 Å². The van der Waals surface area contributed by atoms with E-state index in [0.29, 0.717) is 21.5 Å². The van der Waals surface area contributed by atoms with Crippen molar-refractivity contribution in [2.45, 2.75) is 19.8 Å². The fourth-order valence-corrected chi connectivity index (χ4v) is 3.70. The van der Waals surface area contributed by atoms with Crippen LogP contribution in [0.4, 0.5) is 10.5 Å². The Morgan fingerprint density at radius 1 is 1.18 bits per heavy atom. The van der Waals surface area contributed by atoms with Gasteiger partial charge in [0.1, 0.15) is 6.54 Å². The van der Waals surface area contributed by atoms with Gasteiger partial charge < -0.3 is 5.32 Å². The molecule has 144 valence electrons. The Labute approximate surface area is 172 Å². The number of benzene rings is 2. The maximum absolute atomic E-state index is 12.6. The number of thioether (sulfide) groups is 1. The first kappa shape index (κ1) is 20.2. The van der Waals surface area contributed by atoms with Crippen molar-refractivity contribution in [1.82, 2.24) is 4.90 Å². The number of hydrogen-bond acceptors (Lipinski definition) is 4. The molecule has 5 nitrogen and oxygen atoms in total. The van der Waals surface area contributed by atoms with Gasteiger partial charge >= 0.3 is 0 Å². The van der Waals surface area contributed by atoms with Crippen molar-refractivity contribution < 1.29 is 14.4 Å². The highest BCUT2D eigenvalue weighted by atomic mass is 35.5. The van der Waals surface area contributed by atoms with Crippen LogP contribution in [0.1, 0.15) is 30.9 Å². The fraction of sp³-hybridized carbons (Fsp3) is 0.190. The van der Waals surface area contributed by atoms with E-state index >= 15 is 0 Å². The van der Waals surface area contributed by atoms with Crippen molar-refractivity contribution in [2.24, 2.45) is 0 Å². The van der Waals surface area contributed by atoms with E-state index in [1.54, 1.807) is 30.3 Å². The Hall–Kier alpha value is -2.57. The second-order valence-corrected chi connectivity index (χ2v) is 8.08. The molecular weight excluding hydrogens is 396 g/mol. The second kappa shape index (κ2) is 8.63. The molecule has 0 bridgehead atoms. The number of hydrogen-bond donors (Lipinski definition) is 1. The predicted octanol–water partition coefficient (Wildman–Crippen LogP) is 5.14. The molecule has 0 aliphatic carbocycles. The highest BCUT2D eigenvalue weighted by molar-refractivity contribution is 8.18. The Morgan fingerprint density at radius 3 is 2.54 bits per heavy atom. The van der Waals surface area contributed by atoms with Crippen molar-refractivity contribution in [2.75, 3.05) is 11.9 Å². The summed E-state index contributed by atoms with van der Waals surface area (Å²) < 4.78 is 0. The molecule has 3 rings (SSSR count). The molecule has 1 fully saturated rings. The third kappa shape index (κ3) is 4.82. The van der Waals surface area contributed by atoms with Gasteiger partial charge in [0.15, 0.2) is 0 Å². The van der Waals surface area contributed by atoms with Gasteiger partial charge in [0.05, 0.1) is 4.91 Å². The first-order valence-corrected chi connectivity index (χ1v) is 9.93. The number of nitrogens with zero attached hydrogens (tertiary/aromatic N) is 1. The van der Waals surface area contributed by atoms with Crippen LogP contribution in [0.3, 0.4) is 0 Å². The summed E-state index contributed by atoms with van der Waals surface area (Å²) in [5.74, 6) is -0.518. The minimum absolute atomic E-state index is 0.304. The lowest BCUT2D eigenvalue weighted by molar-refractivity contribution is -0.127. The van der Waals surface area contributed by atoms with Crippen LogP contribution in [0.15, 0.2) is 53.4 Å².